The highest BCUT2D eigenvalue weighted by Crippen LogP contribution is 2.07. The van der Waals surface area contributed by atoms with Gasteiger partial charge in [-0.1, -0.05) is 17.4 Å². The zero-order chi connectivity index (χ0) is 14.6. The second kappa shape index (κ2) is 6.03. The Labute approximate surface area is 121 Å². The number of hydrogen-bond donors (Lipinski definition) is 2. The van der Waals surface area contributed by atoms with E-state index in [-0.39, 0.29) is 16.4 Å². The summed E-state index contributed by atoms with van der Waals surface area (Å²) in [5.41, 5.74) is 5.77. The van der Waals surface area contributed by atoms with Crippen molar-refractivity contribution < 1.29 is 8.42 Å². The van der Waals surface area contributed by atoms with Gasteiger partial charge in [-0.3, -0.25) is 9.67 Å². The molecular formula is C10H12N6O2S2. The molecule has 0 bridgehead atoms. The fourth-order valence-electron chi connectivity index (χ4n) is 1.41. The number of nitrogens with zero attached hydrogens (tertiary/aromatic N) is 4. The van der Waals surface area contributed by atoms with E-state index in [0.717, 1.165) is 0 Å². The average molecular weight is 312 g/mol. The van der Waals surface area contributed by atoms with Crippen LogP contribution in [0.5, 0.6) is 0 Å². The maximum Gasteiger partial charge on any atom is 0.242 e. The van der Waals surface area contributed by atoms with Gasteiger partial charge in [-0.05, 0) is 12.1 Å². The summed E-state index contributed by atoms with van der Waals surface area (Å²) in [5, 5.41) is 7.35. The number of thiocarbonyl (C=S) groups is 1. The lowest BCUT2D eigenvalue weighted by Crippen LogP contribution is -2.28. The molecule has 0 radical (unpaired) electrons. The molecule has 3 N–H and O–H groups in total. The molecule has 0 saturated carbocycles. The summed E-state index contributed by atoms with van der Waals surface area (Å²) in [4.78, 5) is 4.06. The summed E-state index contributed by atoms with van der Waals surface area (Å²) in [6.45, 7) is 0.584. The lowest BCUT2D eigenvalue weighted by atomic mass is 10.3. The molecule has 0 saturated heterocycles. The van der Waals surface area contributed by atoms with Gasteiger partial charge in [0.05, 0.1) is 18.4 Å². The normalized spacial score (nSPS) is 11.4. The van der Waals surface area contributed by atoms with Crippen LogP contribution in [0.4, 0.5) is 0 Å². The van der Waals surface area contributed by atoms with E-state index in [1.54, 1.807) is 6.20 Å². The van der Waals surface area contributed by atoms with Gasteiger partial charge in [-0.25, -0.2) is 13.1 Å². The molecule has 8 nitrogen and oxygen atoms in total. The third-order valence-corrected chi connectivity index (χ3v) is 4.06. The Hall–Kier alpha value is -1.91. The van der Waals surface area contributed by atoms with Gasteiger partial charge in [0.25, 0.3) is 0 Å². The Bertz CT molecular complexity index is 681. The van der Waals surface area contributed by atoms with Crippen molar-refractivity contribution in [3.63, 3.8) is 0 Å². The number of pyridine rings is 1. The molecule has 0 unspecified atom stereocenters. The van der Waals surface area contributed by atoms with Gasteiger partial charge < -0.3 is 5.73 Å². The zero-order valence-electron chi connectivity index (χ0n) is 10.3. The van der Waals surface area contributed by atoms with Crippen LogP contribution < -0.4 is 10.5 Å². The van der Waals surface area contributed by atoms with Crippen molar-refractivity contribution >= 4 is 27.2 Å². The summed E-state index contributed by atoms with van der Waals surface area (Å²) in [6, 6.07) is 2.87. The van der Waals surface area contributed by atoms with E-state index in [4.69, 9.17) is 18.0 Å². The number of rotatable bonds is 6. The molecule has 2 aromatic heterocycles. The number of sulfonamides is 1. The second-order valence-corrected chi connectivity index (χ2v) is 6.01. The smallest absolute Gasteiger partial charge is 0.242 e. The summed E-state index contributed by atoms with van der Waals surface area (Å²) < 4.78 is 27.9. The summed E-state index contributed by atoms with van der Waals surface area (Å²) in [6.07, 6.45) is 4.38. The maximum atomic E-state index is 12.0. The minimum atomic E-state index is -3.61. The van der Waals surface area contributed by atoms with Crippen LogP contribution in [0.2, 0.25) is 0 Å². The average Bonchev–Trinajstić information content (AvgIpc) is 2.92. The van der Waals surface area contributed by atoms with E-state index in [0.29, 0.717) is 12.2 Å². The topological polar surface area (TPSA) is 116 Å². The summed E-state index contributed by atoms with van der Waals surface area (Å²) >= 11 is 4.75. The molecule has 0 aliphatic rings. The fraction of sp³-hybridized carbons (Fsp3) is 0.200. The van der Waals surface area contributed by atoms with Gasteiger partial charge in [-0.15, -0.1) is 5.10 Å². The van der Waals surface area contributed by atoms with Gasteiger partial charge in [0.15, 0.2) is 0 Å². The van der Waals surface area contributed by atoms with Gasteiger partial charge >= 0.3 is 0 Å². The Balaban J connectivity index is 2.00. The molecule has 0 aliphatic carbocycles. The lowest BCUT2D eigenvalue weighted by molar-refractivity contribution is 0.552. The van der Waals surface area contributed by atoms with Crippen LogP contribution >= 0.6 is 12.2 Å². The fourth-order valence-corrected chi connectivity index (χ4v) is 2.50. The van der Waals surface area contributed by atoms with Crippen molar-refractivity contribution in [2.45, 2.75) is 11.4 Å². The number of hydrogen-bond acceptors (Lipinski definition) is 6. The number of aromatic nitrogens is 4. The van der Waals surface area contributed by atoms with Crippen LogP contribution in [0, 0.1) is 0 Å². The predicted molar refractivity (Wildman–Crippen MR) is 75.3 cm³/mol. The molecular weight excluding hydrogens is 300 g/mol. The Morgan fingerprint density at radius 1 is 1.45 bits per heavy atom. The minimum Gasteiger partial charge on any atom is -0.388 e. The molecule has 2 rings (SSSR count). The van der Waals surface area contributed by atoms with Crippen LogP contribution in [0.1, 0.15) is 5.69 Å². The SMILES string of the molecule is NC(=S)c1ccc(S(=O)(=O)NCCn2ccnn2)cn1. The monoisotopic (exact) mass is 312 g/mol. The van der Waals surface area contributed by atoms with Crippen molar-refractivity contribution in [2.24, 2.45) is 5.73 Å². The van der Waals surface area contributed by atoms with E-state index in [9.17, 15) is 8.42 Å². The first-order valence-electron chi connectivity index (χ1n) is 5.59. The molecule has 0 spiro atoms. The Morgan fingerprint density at radius 2 is 2.25 bits per heavy atom. The van der Waals surface area contributed by atoms with Gasteiger partial charge in [-0.2, -0.15) is 0 Å². The maximum absolute atomic E-state index is 12.0. The first kappa shape index (κ1) is 14.5. The molecule has 2 aromatic rings. The minimum absolute atomic E-state index is 0.0519. The molecule has 0 atom stereocenters. The summed E-state index contributed by atoms with van der Waals surface area (Å²) in [7, 11) is -3.61. The van der Waals surface area contributed by atoms with Gasteiger partial charge in [0.2, 0.25) is 10.0 Å². The Morgan fingerprint density at radius 3 is 2.80 bits per heavy atom. The van der Waals surface area contributed by atoms with Crippen LogP contribution in [0.3, 0.4) is 0 Å². The highest BCUT2D eigenvalue weighted by atomic mass is 32.2. The zero-order valence-corrected chi connectivity index (χ0v) is 11.9. The highest BCUT2D eigenvalue weighted by molar-refractivity contribution is 7.89. The third kappa shape index (κ3) is 3.56. The first-order valence-corrected chi connectivity index (χ1v) is 7.48. The van der Waals surface area contributed by atoms with E-state index >= 15 is 0 Å². The molecule has 2 heterocycles. The highest BCUT2D eigenvalue weighted by Gasteiger charge is 2.14. The lowest BCUT2D eigenvalue weighted by Gasteiger charge is -2.06. The molecule has 0 amide bonds. The van der Waals surface area contributed by atoms with Crippen LogP contribution in [0.15, 0.2) is 35.6 Å². The van der Waals surface area contributed by atoms with Gasteiger partial charge in [0.1, 0.15) is 9.88 Å². The van der Waals surface area contributed by atoms with Crippen molar-refractivity contribution in [3.05, 3.63) is 36.4 Å². The van der Waals surface area contributed by atoms with Crippen LogP contribution in [-0.4, -0.2) is 39.9 Å². The third-order valence-electron chi connectivity index (χ3n) is 2.40. The molecule has 10 heteroatoms. The molecule has 20 heavy (non-hydrogen) atoms. The largest absolute Gasteiger partial charge is 0.388 e. The van der Waals surface area contributed by atoms with Crippen molar-refractivity contribution in [1.29, 1.82) is 0 Å². The van der Waals surface area contributed by atoms with E-state index in [1.165, 1.54) is 29.2 Å². The van der Waals surface area contributed by atoms with Crippen molar-refractivity contribution in [3.8, 4) is 0 Å². The van der Waals surface area contributed by atoms with Crippen molar-refractivity contribution in [1.82, 2.24) is 24.7 Å². The van der Waals surface area contributed by atoms with Crippen molar-refractivity contribution in [2.75, 3.05) is 6.54 Å². The van der Waals surface area contributed by atoms with Gasteiger partial charge in [0, 0.05) is 18.9 Å². The standard InChI is InChI=1S/C10H12N6O2S2/c11-10(19)9-2-1-8(7-12-9)20(17,18)14-4-6-16-5-3-13-15-16/h1-3,5,7,14H,4,6H2,(H2,11,19). The Kier molecular flexibility index (Phi) is 4.37. The first-order chi connectivity index (χ1) is 9.49. The molecule has 106 valence electrons. The molecule has 0 aliphatic heterocycles. The number of nitrogens with two attached hydrogens (primary N) is 1. The molecule has 0 fully saturated rings. The quantitative estimate of drug-likeness (QED) is 0.677. The molecule has 0 aromatic carbocycles. The van der Waals surface area contributed by atoms with Crippen LogP contribution in [0.25, 0.3) is 0 Å². The van der Waals surface area contributed by atoms with Crippen LogP contribution in [-0.2, 0) is 16.6 Å². The number of nitrogens with one attached hydrogen (secondary N) is 1. The summed E-state index contributed by atoms with van der Waals surface area (Å²) in [5.74, 6) is 0. The van der Waals surface area contributed by atoms with E-state index < -0.39 is 10.0 Å². The van der Waals surface area contributed by atoms with E-state index in [1.807, 2.05) is 0 Å². The van der Waals surface area contributed by atoms with E-state index in [2.05, 4.69) is 20.0 Å². The predicted octanol–water partition coefficient (Wildman–Crippen LogP) is -0.714. The second-order valence-electron chi connectivity index (χ2n) is 3.81.